The third-order valence-corrected chi connectivity index (χ3v) is 3.55. The van der Waals surface area contributed by atoms with Gasteiger partial charge >= 0.3 is 0 Å². The van der Waals surface area contributed by atoms with Crippen LogP contribution in [0.15, 0.2) is 0 Å². The Hall–Kier alpha value is -1.10. The normalized spacial score (nSPS) is 28.5. The number of hydrogen-bond donors (Lipinski definition) is 1. The Morgan fingerprint density at radius 2 is 1.59 bits per heavy atom. The number of nitrogens with zero attached hydrogens (tertiary/aromatic N) is 2. The lowest BCUT2D eigenvalue weighted by molar-refractivity contribution is -0.142. The molecule has 0 bridgehead atoms. The van der Waals surface area contributed by atoms with E-state index in [-0.39, 0.29) is 29.7 Å². The fourth-order valence-electron chi connectivity index (χ4n) is 2.25. The van der Waals surface area contributed by atoms with Gasteiger partial charge in [-0.3, -0.25) is 9.59 Å². The lowest BCUT2D eigenvalue weighted by Gasteiger charge is -2.35. The number of piperazine rings is 1. The van der Waals surface area contributed by atoms with Gasteiger partial charge in [0.1, 0.15) is 0 Å². The summed E-state index contributed by atoms with van der Waals surface area (Å²) in [5.41, 5.74) is 5.68. The van der Waals surface area contributed by atoms with E-state index in [9.17, 15) is 9.59 Å². The fourth-order valence-corrected chi connectivity index (χ4v) is 2.25. The number of amides is 2. The fraction of sp³-hybridized carbons (Fsp3) is 0.833. The second kappa shape index (κ2) is 4.64. The van der Waals surface area contributed by atoms with Gasteiger partial charge in [-0.25, -0.2) is 0 Å². The molecule has 2 amide bonds. The summed E-state index contributed by atoms with van der Waals surface area (Å²) in [5, 5.41) is 0. The lowest BCUT2D eigenvalue weighted by atomic mass is 10.1. The van der Waals surface area contributed by atoms with Crippen molar-refractivity contribution in [2.24, 2.45) is 17.6 Å². The predicted octanol–water partition coefficient (Wildman–Crippen LogP) is -0.340. The van der Waals surface area contributed by atoms with Crippen LogP contribution in [-0.2, 0) is 9.59 Å². The van der Waals surface area contributed by atoms with Gasteiger partial charge in [-0.1, -0.05) is 13.8 Å². The van der Waals surface area contributed by atoms with Crippen molar-refractivity contribution < 1.29 is 9.59 Å². The number of carbonyl (C=O) groups excluding carboxylic acids is 2. The summed E-state index contributed by atoms with van der Waals surface area (Å²) in [5.74, 6) is 0.436. The summed E-state index contributed by atoms with van der Waals surface area (Å²) in [6.07, 6.45) is 0.823. The van der Waals surface area contributed by atoms with Crippen molar-refractivity contribution >= 4 is 11.8 Å². The Morgan fingerprint density at radius 1 is 1.12 bits per heavy atom. The maximum atomic E-state index is 11.9. The van der Waals surface area contributed by atoms with E-state index in [1.54, 1.807) is 0 Å². The highest BCUT2D eigenvalue weighted by atomic mass is 16.2. The van der Waals surface area contributed by atoms with E-state index in [0.717, 1.165) is 6.42 Å². The van der Waals surface area contributed by atoms with Crippen LogP contribution in [0.2, 0.25) is 0 Å². The number of rotatable bonds is 2. The molecule has 5 heteroatoms. The molecule has 1 saturated heterocycles. The molecule has 1 heterocycles. The van der Waals surface area contributed by atoms with E-state index in [1.807, 2.05) is 23.6 Å². The van der Waals surface area contributed by atoms with Crippen LogP contribution in [0.5, 0.6) is 0 Å². The van der Waals surface area contributed by atoms with Gasteiger partial charge in [0.15, 0.2) is 0 Å². The van der Waals surface area contributed by atoms with Crippen molar-refractivity contribution in [2.75, 3.05) is 26.2 Å². The van der Waals surface area contributed by atoms with Crippen LogP contribution >= 0.6 is 0 Å². The molecule has 2 atom stereocenters. The summed E-state index contributed by atoms with van der Waals surface area (Å²) >= 11 is 0. The first-order chi connectivity index (χ1) is 8.00. The minimum absolute atomic E-state index is 0.0362. The van der Waals surface area contributed by atoms with E-state index < -0.39 is 0 Å². The Balaban J connectivity index is 1.82. The molecule has 2 fully saturated rings. The van der Waals surface area contributed by atoms with Crippen LogP contribution in [0.3, 0.4) is 0 Å². The van der Waals surface area contributed by atoms with Gasteiger partial charge in [-0.2, -0.15) is 0 Å². The molecule has 96 valence electrons. The molecule has 5 nitrogen and oxygen atoms in total. The summed E-state index contributed by atoms with van der Waals surface area (Å²) in [7, 11) is 0. The summed E-state index contributed by atoms with van der Waals surface area (Å²) < 4.78 is 0. The first-order valence-corrected chi connectivity index (χ1v) is 6.34. The van der Waals surface area contributed by atoms with Crippen LogP contribution in [0.1, 0.15) is 20.3 Å². The van der Waals surface area contributed by atoms with Crippen molar-refractivity contribution in [2.45, 2.75) is 26.3 Å². The maximum Gasteiger partial charge on any atom is 0.227 e. The SMILES string of the molecule is CC(C)C(=O)N1CCN(C(=O)C2CC2N)CC1. The van der Waals surface area contributed by atoms with E-state index in [4.69, 9.17) is 5.73 Å². The highest BCUT2D eigenvalue weighted by molar-refractivity contribution is 5.83. The number of carbonyl (C=O) groups is 2. The zero-order valence-electron chi connectivity index (χ0n) is 10.6. The standard InChI is InChI=1S/C12H21N3O2/c1-8(2)11(16)14-3-5-15(6-4-14)12(17)9-7-10(9)13/h8-10H,3-7,13H2,1-2H3. The van der Waals surface area contributed by atoms with Gasteiger partial charge < -0.3 is 15.5 Å². The molecule has 0 aromatic heterocycles. The van der Waals surface area contributed by atoms with Crippen molar-refractivity contribution in [1.82, 2.24) is 9.80 Å². The first kappa shape index (κ1) is 12.4. The van der Waals surface area contributed by atoms with Crippen LogP contribution in [-0.4, -0.2) is 53.8 Å². The Morgan fingerprint density at radius 3 is 2.00 bits per heavy atom. The van der Waals surface area contributed by atoms with Crippen LogP contribution in [0, 0.1) is 11.8 Å². The number of nitrogens with two attached hydrogens (primary N) is 1. The van der Waals surface area contributed by atoms with E-state index >= 15 is 0 Å². The van der Waals surface area contributed by atoms with Crippen LogP contribution in [0.25, 0.3) is 0 Å². The molecule has 0 aromatic rings. The minimum atomic E-state index is 0.0362. The summed E-state index contributed by atoms with van der Waals surface area (Å²) in [6, 6.07) is 0.0674. The zero-order chi connectivity index (χ0) is 12.6. The van der Waals surface area contributed by atoms with Crippen LogP contribution in [0.4, 0.5) is 0 Å². The molecule has 1 aliphatic heterocycles. The average Bonchev–Trinajstić information content (AvgIpc) is 3.04. The monoisotopic (exact) mass is 239 g/mol. The quantitative estimate of drug-likeness (QED) is 0.717. The highest BCUT2D eigenvalue weighted by Gasteiger charge is 2.42. The van der Waals surface area contributed by atoms with Crippen molar-refractivity contribution in [1.29, 1.82) is 0 Å². The number of hydrogen-bond acceptors (Lipinski definition) is 3. The molecule has 2 aliphatic rings. The van der Waals surface area contributed by atoms with Gasteiger partial charge in [-0.05, 0) is 6.42 Å². The van der Waals surface area contributed by atoms with Gasteiger partial charge in [-0.15, -0.1) is 0 Å². The lowest BCUT2D eigenvalue weighted by Crippen LogP contribution is -2.52. The van der Waals surface area contributed by atoms with E-state index in [2.05, 4.69) is 0 Å². The average molecular weight is 239 g/mol. The van der Waals surface area contributed by atoms with Gasteiger partial charge in [0.25, 0.3) is 0 Å². The first-order valence-electron chi connectivity index (χ1n) is 6.34. The van der Waals surface area contributed by atoms with E-state index in [0.29, 0.717) is 26.2 Å². The molecule has 1 aliphatic carbocycles. The van der Waals surface area contributed by atoms with Gasteiger partial charge in [0.2, 0.25) is 11.8 Å². The summed E-state index contributed by atoms with van der Waals surface area (Å²) in [4.78, 5) is 27.4. The molecule has 1 saturated carbocycles. The third kappa shape index (κ3) is 2.60. The minimum Gasteiger partial charge on any atom is -0.339 e. The second-order valence-corrected chi connectivity index (χ2v) is 5.31. The Kier molecular flexibility index (Phi) is 3.38. The molecule has 0 spiro atoms. The maximum absolute atomic E-state index is 11.9. The molecular weight excluding hydrogens is 218 g/mol. The van der Waals surface area contributed by atoms with Crippen molar-refractivity contribution in [3.05, 3.63) is 0 Å². The Bertz CT molecular complexity index is 322. The zero-order valence-corrected chi connectivity index (χ0v) is 10.6. The van der Waals surface area contributed by atoms with E-state index in [1.165, 1.54) is 0 Å². The molecule has 0 radical (unpaired) electrons. The summed E-state index contributed by atoms with van der Waals surface area (Å²) in [6.45, 7) is 6.43. The molecule has 2 unspecified atom stereocenters. The topological polar surface area (TPSA) is 66.6 Å². The molecule has 2 rings (SSSR count). The van der Waals surface area contributed by atoms with Crippen molar-refractivity contribution in [3.63, 3.8) is 0 Å². The highest BCUT2D eigenvalue weighted by Crippen LogP contribution is 2.30. The smallest absolute Gasteiger partial charge is 0.227 e. The third-order valence-electron chi connectivity index (χ3n) is 3.55. The molecular formula is C12H21N3O2. The Labute approximate surface area is 102 Å². The predicted molar refractivity (Wildman–Crippen MR) is 64.1 cm³/mol. The van der Waals surface area contributed by atoms with Crippen LogP contribution < -0.4 is 5.73 Å². The molecule has 17 heavy (non-hydrogen) atoms. The molecule has 0 aromatic carbocycles. The molecule has 2 N–H and O–H groups in total. The van der Waals surface area contributed by atoms with Gasteiger partial charge in [0.05, 0.1) is 5.92 Å². The largest absolute Gasteiger partial charge is 0.339 e. The van der Waals surface area contributed by atoms with Crippen molar-refractivity contribution in [3.8, 4) is 0 Å². The van der Waals surface area contributed by atoms with Gasteiger partial charge in [0, 0.05) is 38.1 Å². The second-order valence-electron chi connectivity index (χ2n) is 5.31.